The lowest BCUT2D eigenvalue weighted by Gasteiger charge is -2.18. The van der Waals surface area contributed by atoms with Gasteiger partial charge in [0, 0.05) is 11.3 Å². The summed E-state index contributed by atoms with van der Waals surface area (Å²) < 4.78 is 30.0. The highest BCUT2D eigenvalue weighted by molar-refractivity contribution is 6.28. The van der Waals surface area contributed by atoms with Crippen LogP contribution in [0, 0.1) is 5.41 Å². The number of carbonyl (C=O) groups excluding carboxylic acids is 1. The number of halogens is 2. The van der Waals surface area contributed by atoms with Crippen LogP contribution in [0.2, 0.25) is 0 Å². The lowest BCUT2D eigenvalue weighted by molar-refractivity contribution is -0.111. The van der Waals surface area contributed by atoms with Crippen molar-refractivity contribution in [1.82, 2.24) is 0 Å². The van der Waals surface area contributed by atoms with Gasteiger partial charge in [-0.25, -0.2) is 8.78 Å². The summed E-state index contributed by atoms with van der Waals surface area (Å²) in [4.78, 5) is 12.9. The van der Waals surface area contributed by atoms with Gasteiger partial charge in [0.05, 0.1) is 11.3 Å². The van der Waals surface area contributed by atoms with Crippen LogP contribution in [0.15, 0.2) is 54.6 Å². The van der Waals surface area contributed by atoms with Gasteiger partial charge in [0.2, 0.25) is 0 Å². The van der Waals surface area contributed by atoms with Gasteiger partial charge in [-0.1, -0.05) is 36.4 Å². The SMILES string of the molecule is CC(=N)/C=C(\C(=O)Nc1ccccc1OCC(F)F)c1ccc(C(C)(C)O)cc1. The second-order valence-electron chi connectivity index (χ2n) is 7.03. The molecule has 2 rings (SSSR count). The maximum absolute atomic E-state index is 12.9. The van der Waals surface area contributed by atoms with Crippen molar-refractivity contribution in [2.24, 2.45) is 0 Å². The van der Waals surface area contributed by atoms with E-state index in [1.54, 1.807) is 56.3 Å². The molecule has 3 N–H and O–H groups in total. The summed E-state index contributed by atoms with van der Waals surface area (Å²) in [5.41, 5.74) is 0.849. The number of ether oxygens (including phenoxy) is 1. The second kappa shape index (κ2) is 9.43. The maximum Gasteiger partial charge on any atom is 0.272 e. The van der Waals surface area contributed by atoms with Crippen LogP contribution in [-0.2, 0) is 10.4 Å². The summed E-state index contributed by atoms with van der Waals surface area (Å²) in [5, 5.41) is 20.5. The van der Waals surface area contributed by atoms with E-state index in [2.05, 4.69) is 5.32 Å². The quantitative estimate of drug-likeness (QED) is 0.445. The number of allylic oxidation sites excluding steroid dienone is 1. The van der Waals surface area contributed by atoms with E-state index in [1.165, 1.54) is 19.1 Å². The fraction of sp³-hybridized carbons (Fsp3) is 0.273. The smallest absolute Gasteiger partial charge is 0.272 e. The Bertz CT molecular complexity index is 901. The number of benzene rings is 2. The van der Waals surface area contributed by atoms with Crippen LogP contribution in [0.25, 0.3) is 5.57 Å². The Labute approximate surface area is 168 Å². The number of carbonyl (C=O) groups is 1. The fourth-order valence-electron chi connectivity index (χ4n) is 2.59. The van der Waals surface area contributed by atoms with E-state index in [9.17, 15) is 18.7 Å². The summed E-state index contributed by atoms with van der Waals surface area (Å²) >= 11 is 0. The predicted octanol–water partition coefficient (Wildman–Crippen LogP) is 4.62. The summed E-state index contributed by atoms with van der Waals surface area (Å²) in [6, 6.07) is 13.1. The van der Waals surface area contributed by atoms with Crippen LogP contribution in [0.4, 0.5) is 14.5 Å². The molecule has 0 unspecified atom stereocenters. The molecule has 2 aromatic rings. The molecule has 0 radical (unpaired) electrons. The van der Waals surface area contributed by atoms with Gasteiger partial charge in [0.1, 0.15) is 12.4 Å². The van der Waals surface area contributed by atoms with E-state index in [0.717, 1.165) is 0 Å². The van der Waals surface area contributed by atoms with Crippen molar-refractivity contribution in [1.29, 1.82) is 5.41 Å². The number of alkyl halides is 2. The number of aliphatic hydroxyl groups is 1. The molecular formula is C22H24F2N2O3. The maximum atomic E-state index is 12.9. The average Bonchev–Trinajstić information content (AvgIpc) is 2.64. The van der Waals surface area contributed by atoms with E-state index in [0.29, 0.717) is 11.1 Å². The first-order valence-corrected chi connectivity index (χ1v) is 8.99. The van der Waals surface area contributed by atoms with Gasteiger partial charge in [0.25, 0.3) is 12.3 Å². The molecule has 0 aliphatic heterocycles. The summed E-state index contributed by atoms with van der Waals surface area (Å²) in [5.74, 6) is -0.384. The molecule has 0 saturated heterocycles. The zero-order valence-corrected chi connectivity index (χ0v) is 16.5. The minimum atomic E-state index is -2.64. The Hall–Kier alpha value is -3.06. The summed E-state index contributed by atoms with van der Waals surface area (Å²) in [7, 11) is 0. The highest BCUT2D eigenvalue weighted by atomic mass is 19.3. The minimum Gasteiger partial charge on any atom is -0.485 e. The zero-order valence-electron chi connectivity index (χ0n) is 16.5. The van der Waals surface area contributed by atoms with Gasteiger partial charge in [-0.05, 0) is 50.1 Å². The molecule has 0 aliphatic rings. The third kappa shape index (κ3) is 6.50. The van der Waals surface area contributed by atoms with Gasteiger partial charge in [0.15, 0.2) is 0 Å². The van der Waals surface area contributed by atoms with E-state index in [1.807, 2.05) is 0 Å². The molecule has 2 aromatic carbocycles. The highest BCUT2D eigenvalue weighted by Gasteiger charge is 2.18. The number of amides is 1. The molecule has 1 amide bonds. The molecule has 154 valence electrons. The number of anilines is 1. The highest BCUT2D eigenvalue weighted by Crippen LogP contribution is 2.27. The molecule has 5 nitrogen and oxygen atoms in total. The summed E-state index contributed by atoms with van der Waals surface area (Å²) in [6.07, 6.45) is -1.22. The lowest BCUT2D eigenvalue weighted by atomic mass is 9.95. The first-order chi connectivity index (χ1) is 13.6. The van der Waals surface area contributed by atoms with Crippen LogP contribution in [0.5, 0.6) is 5.75 Å². The lowest BCUT2D eigenvalue weighted by Crippen LogP contribution is -2.17. The van der Waals surface area contributed by atoms with Crippen LogP contribution in [0.1, 0.15) is 31.9 Å². The predicted molar refractivity (Wildman–Crippen MR) is 110 cm³/mol. The molecule has 0 aliphatic carbocycles. The monoisotopic (exact) mass is 402 g/mol. The van der Waals surface area contributed by atoms with Crippen LogP contribution < -0.4 is 10.1 Å². The van der Waals surface area contributed by atoms with Gasteiger partial charge in [-0.3, -0.25) is 4.79 Å². The fourth-order valence-corrected chi connectivity index (χ4v) is 2.59. The molecule has 0 fully saturated rings. The molecule has 0 heterocycles. The molecular weight excluding hydrogens is 378 g/mol. The number of para-hydroxylation sites is 2. The van der Waals surface area contributed by atoms with Crippen molar-refractivity contribution in [3.63, 3.8) is 0 Å². The molecule has 0 saturated carbocycles. The van der Waals surface area contributed by atoms with E-state index in [-0.39, 0.29) is 22.7 Å². The Morgan fingerprint density at radius 1 is 1.21 bits per heavy atom. The Balaban J connectivity index is 2.31. The van der Waals surface area contributed by atoms with Crippen molar-refractivity contribution in [2.45, 2.75) is 32.8 Å². The normalized spacial score (nSPS) is 12.0. The minimum absolute atomic E-state index is 0.129. The van der Waals surface area contributed by atoms with Crippen molar-refractivity contribution in [2.75, 3.05) is 11.9 Å². The Morgan fingerprint density at radius 3 is 2.38 bits per heavy atom. The number of hydrogen-bond acceptors (Lipinski definition) is 4. The van der Waals surface area contributed by atoms with E-state index >= 15 is 0 Å². The topological polar surface area (TPSA) is 82.4 Å². The van der Waals surface area contributed by atoms with Gasteiger partial charge in [-0.2, -0.15) is 0 Å². The number of nitrogens with one attached hydrogen (secondary N) is 2. The first kappa shape index (κ1) is 22.2. The number of rotatable bonds is 8. The molecule has 0 bridgehead atoms. The van der Waals surface area contributed by atoms with Gasteiger partial charge >= 0.3 is 0 Å². The number of hydrogen-bond donors (Lipinski definition) is 3. The molecule has 0 aromatic heterocycles. The molecule has 0 spiro atoms. The first-order valence-electron chi connectivity index (χ1n) is 8.99. The van der Waals surface area contributed by atoms with Gasteiger partial charge in [-0.15, -0.1) is 0 Å². The second-order valence-corrected chi connectivity index (χ2v) is 7.03. The molecule has 7 heteroatoms. The van der Waals surface area contributed by atoms with Crippen LogP contribution in [-0.4, -0.2) is 29.8 Å². The molecule has 29 heavy (non-hydrogen) atoms. The van der Waals surface area contributed by atoms with E-state index < -0.39 is 24.5 Å². The Morgan fingerprint density at radius 2 is 1.83 bits per heavy atom. The third-order valence-corrected chi connectivity index (χ3v) is 4.01. The third-order valence-electron chi connectivity index (χ3n) is 4.01. The summed E-state index contributed by atoms with van der Waals surface area (Å²) in [6.45, 7) is 4.07. The van der Waals surface area contributed by atoms with Crippen LogP contribution >= 0.6 is 0 Å². The standard InChI is InChI=1S/C22H24F2N2O3/c1-14(25)12-17(15-8-10-16(11-9-15)22(2,3)28)21(27)26-18-6-4-5-7-19(18)29-13-20(23)24/h4-12,20,25,28H,13H2,1-3H3,(H,26,27)/b17-12-,25-14?. The van der Waals surface area contributed by atoms with Crippen molar-refractivity contribution in [3.8, 4) is 5.75 Å². The average molecular weight is 402 g/mol. The van der Waals surface area contributed by atoms with Crippen molar-refractivity contribution < 1.29 is 23.4 Å². The zero-order chi connectivity index (χ0) is 21.6. The van der Waals surface area contributed by atoms with Crippen molar-refractivity contribution >= 4 is 22.9 Å². The van der Waals surface area contributed by atoms with E-state index in [4.69, 9.17) is 10.1 Å². The van der Waals surface area contributed by atoms with Crippen molar-refractivity contribution in [3.05, 3.63) is 65.7 Å². The Kier molecular flexibility index (Phi) is 7.23. The molecule has 0 atom stereocenters. The largest absolute Gasteiger partial charge is 0.485 e. The van der Waals surface area contributed by atoms with Crippen LogP contribution in [0.3, 0.4) is 0 Å². The van der Waals surface area contributed by atoms with Gasteiger partial charge < -0.3 is 20.6 Å².